The van der Waals surface area contributed by atoms with Crippen molar-refractivity contribution in [3.05, 3.63) is 56.5 Å². The average Bonchev–Trinajstić information content (AvgIpc) is 3.49. The average molecular weight is 483 g/mol. The lowest BCUT2D eigenvalue weighted by atomic mass is 10.1. The first-order valence-electron chi connectivity index (χ1n) is 11.5. The largest absolute Gasteiger partial charge is 0.376 e. The highest BCUT2D eigenvalue weighted by molar-refractivity contribution is 5.95. The molecule has 2 aromatic heterocycles. The normalized spacial score (nSPS) is 15.5. The Bertz CT molecular complexity index is 1400. The lowest BCUT2D eigenvalue weighted by Gasteiger charge is -2.25. The number of nitrogens with zero attached hydrogens (tertiary/aromatic N) is 5. The van der Waals surface area contributed by atoms with Gasteiger partial charge in [-0.15, -0.1) is 0 Å². The van der Waals surface area contributed by atoms with Crippen LogP contribution in [0, 0.1) is 13.8 Å². The number of aromatic nitrogens is 4. The zero-order chi connectivity index (χ0) is 25.3. The summed E-state index contributed by atoms with van der Waals surface area (Å²) in [6.07, 6.45) is 2.92. The van der Waals surface area contributed by atoms with E-state index in [4.69, 9.17) is 4.74 Å². The van der Waals surface area contributed by atoms with Crippen LogP contribution < -0.4 is 16.6 Å². The lowest BCUT2D eigenvalue weighted by molar-refractivity contribution is -0.136. The smallest absolute Gasteiger partial charge is 0.332 e. The minimum absolute atomic E-state index is 0.152. The highest BCUT2D eigenvalue weighted by Gasteiger charge is 2.26. The van der Waals surface area contributed by atoms with Crippen LogP contribution in [0.2, 0.25) is 0 Å². The van der Waals surface area contributed by atoms with Crippen LogP contribution in [0.4, 0.5) is 5.69 Å². The number of amides is 2. The second kappa shape index (κ2) is 9.87. The maximum atomic E-state index is 13.4. The summed E-state index contributed by atoms with van der Waals surface area (Å²) >= 11 is 0. The van der Waals surface area contributed by atoms with Crippen molar-refractivity contribution in [3.8, 4) is 0 Å². The van der Waals surface area contributed by atoms with Gasteiger partial charge >= 0.3 is 5.69 Å². The van der Waals surface area contributed by atoms with Gasteiger partial charge in [-0.1, -0.05) is 12.1 Å². The van der Waals surface area contributed by atoms with Gasteiger partial charge in [-0.2, -0.15) is 0 Å². The predicted molar refractivity (Wildman–Crippen MR) is 130 cm³/mol. The minimum Gasteiger partial charge on any atom is -0.376 e. The number of fused-ring (bicyclic) bond motifs is 1. The standard InChI is InChI=1S/C24H30N6O5/c1-15-7-5-9-18(16(15)2)26-19(31)12-29(11-17-8-6-10-35-17)20(32)13-30-14-25-22-21(30)23(33)28(4)24(34)27(22)3/h5,7,9,14,17H,6,8,10-13H2,1-4H3,(H,26,31)/t17-/m0/s1. The summed E-state index contributed by atoms with van der Waals surface area (Å²) in [5.41, 5.74) is 2.03. The molecule has 0 bridgehead atoms. The number of rotatable bonds is 7. The second-order valence-electron chi connectivity index (χ2n) is 8.96. The molecule has 0 radical (unpaired) electrons. The molecule has 3 heterocycles. The van der Waals surface area contributed by atoms with Gasteiger partial charge in [0.2, 0.25) is 11.8 Å². The summed E-state index contributed by atoms with van der Waals surface area (Å²) in [5.74, 6) is -0.675. The molecule has 1 aliphatic heterocycles. The molecule has 11 nitrogen and oxygen atoms in total. The molecule has 1 aliphatic rings. The van der Waals surface area contributed by atoms with Crippen molar-refractivity contribution in [1.82, 2.24) is 23.6 Å². The van der Waals surface area contributed by atoms with Crippen molar-refractivity contribution in [2.75, 3.05) is 25.0 Å². The Morgan fingerprint density at radius 1 is 1.20 bits per heavy atom. The number of anilines is 1. The number of carbonyl (C=O) groups is 2. The van der Waals surface area contributed by atoms with Crippen LogP contribution >= 0.6 is 0 Å². The molecule has 1 aromatic carbocycles. The topological polar surface area (TPSA) is 120 Å². The summed E-state index contributed by atoms with van der Waals surface area (Å²) in [6.45, 7) is 4.42. The van der Waals surface area contributed by atoms with E-state index in [9.17, 15) is 19.2 Å². The molecule has 1 N–H and O–H groups in total. The molecule has 11 heteroatoms. The molecular weight excluding hydrogens is 452 g/mol. The van der Waals surface area contributed by atoms with E-state index in [1.165, 1.54) is 34.5 Å². The Morgan fingerprint density at radius 3 is 2.69 bits per heavy atom. The van der Waals surface area contributed by atoms with Crippen LogP contribution in [0.5, 0.6) is 0 Å². The Morgan fingerprint density at radius 2 is 1.97 bits per heavy atom. The van der Waals surface area contributed by atoms with Crippen molar-refractivity contribution < 1.29 is 14.3 Å². The predicted octanol–water partition coefficient (Wildman–Crippen LogP) is 0.697. The van der Waals surface area contributed by atoms with Gasteiger partial charge in [0, 0.05) is 32.9 Å². The maximum Gasteiger partial charge on any atom is 0.332 e. The van der Waals surface area contributed by atoms with E-state index < -0.39 is 11.2 Å². The first kappa shape index (κ1) is 24.4. The first-order chi connectivity index (χ1) is 16.7. The Hall–Kier alpha value is -3.73. The second-order valence-corrected chi connectivity index (χ2v) is 8.96. The quantitative estimate of drug-likeness (QED) is 0.529. The Kier molecular flexibility index (Phi) is 6.88. The monoisotopic (exact) mass is 482 g/mol. The molecule has 186 valence electrons. The van der Waals surface area contributed by atoms with Crippen LogP contribution in [-0.4, -0.2) is 61.2 Å². The zero-order valence-electron chi connectivity index (χ0n) is 20.4. The summed E-state index contributed by atoms with van der Waals surface area (Å²) in [7, 11) is 2.90. The van der Waals surface area contributed by atoms with Gasteiger partial charge in [0.25, 0.3) is 5.56 Å². The fraction of sp³-hybridized carbons (Fsp3) is 0.458. The van der Waals surface area contributed by atoms with E-state index in [1.807, 2.05) is 32.0 Å². The number of carbonyl (C=O) groups excluding carboxylic acids is 2. The summed E-state index contributed by atoms with van der Waals surface area (Å²) < 4.78 is 9.36. The van der Waals surface area contributed by atoms with E-state index >= 15 is 0 Å². The molecule has 1 atom stereocenters. The van der Waals surface area contributed by atoms with Gasteiger partial charge in [0.1, 0.15) is 13.1 Å². The zero-order valence-corrected chi connectivity index (χ0v) is 20.4. The van der Waals surface area contributed by atoms with Crippen LogP contribution in [-0.2, 0) is 35.0 Å². The summed E-state index contributed by atoms with van der Waals surface area (Å²) in [6, 6.07) is 5.66. The molecule has 3 aromatic rings. The Labute approximate surface area is 201 Å². The molecule has 0 aliphatic carbocycles. The van der Waals surface area contributed by atoms with Crippen LogP contribution in [0.25, 0.3) is 11.2 Å². The van der Waals surface area contributed by atoms with Gasteiger partial charge in [-0.05, 0) is 43.9 Å². The molecule has 0 spiro atoms. The number of benzene rings is 1. The van der Waals surface area contributed by atoms with Gasteiger partial charge in [0.05, 0.1) is 12.4 Å². The van der Waals surface area contributed by atoms with Crippen molar-refractivity contribution in [1.29, 1.82) is 0 Å². The fourth-order valence-electron chi connectivity index (χ4n) is 4.30. The van der Waals surface area contributed by atoms with Crippen LogP contribution in [0.1, 0.15) is 24.0 Å². The summed E-state index contributed by atoms with van der Waals surface area (Å²) in [4.78, 5) is 56.8. The maximum absolute atomic E-state index is 13.4. The molecule has 35 heavy (non-hydrogen) atoms. The van der Waals surface area contributed by atoms with Gasteiger partial charge in [0.15, 0.2) is 11.2 Å². The summed E-state index contributed by atoms with van der Waals surface area (Å²) in [5, 5.41) is 2.90. The van der Waals surface area contributed by atoms with Gasteiger partial charge in [-0.25, -0.2) is 9.78 Å². The number of hydrogen-bond acceptors (Lipinski definition) is 6. The molecule has 4 rings (SSSR count). The van der Waals surface area contributed by atoms with Crippen molar-refractivity contribution in [2.24, 2.45) is 14.1 Å². The molecule has 1 fully saturated rings. The van der Waals surface area contributed by atoms with Crippen LogP contribution in [0.15, 0.2) is 34.1 Å². The van der Waals surface area contributed by atoms with E-state index in [-0.39, 0.29) is 48.7 Å². The van der Waals surface area contributed by atoms with Crippen LogP contribution in [0.3, 0.4) is 0 Å². The van der Waals surface area contributed by atoms with E-state index in [0.29, 0.717) is 12.3 Å². The number of nitrogens with one attached hydrogen (secondary N) is 1. The highest BCUT2D eigenvalue weighted by Crippen LogP contribution is 2.18. The van der Waals surface area contributed by atoms with Crippen molar-refractivity contribution >= 4 is 28.7 Å². The van der Waals surface area contributed by atoms with Gasteiger partial charge < -0.3 is 19.5 Å². The third kappa shape index (κ3) is 4.90. The number of hydrogen-bond donors (Lipinski definition) is 1. The fourth-order valence-corrected chi connectivity index (χ4v) is 4.30. The molecule has 0 saturated carbocycles. The lowest BCUT2D eigenvalue weighted by Crippen LogP contribution is -2.44. The molecule has 2 amide bonds. The molecular formula is C24H30N6O5. The third-order valence-corrected chi connectivity index (χ3v) is 6.54. The van der Waals surface area contributed by atoms with Gasteiger partial charge in [-0.3, -0.25) is 23.5 Å². The Balaban J connectivity index is 1.57. The van der Waals surface area contributed by atoms with E-state index in [1.54, 1.807) is 0 Å². The minimum atomic E-state index is -0.535. The SMILES string of the molecule is Cc1cccc(NC(=O)CN(C[C@@H]2CCCO2)C(=O)Cn2cnc3c2c(=O)n(C)c(=O)n3C)c1C. The third-order valence-electron chi connectivity index (χ3n) is 6.54. The first-order valence-corrected chi connectivity index (χ1v) is 11.5. The van der Waals surface area contributed by atoms with E-state index in [2.05, 4.69) is 10.3 Å². The number of ether oxygens (including phenoxy) is 1. The molecule has 1 saturated heterocycles. The van der Waals surface area contributed by atoms with Crippen molar-refractivity contribution in [3.63, 3.8) is 0 Å². The number of imidazole rings is 1. The highest BCUT2D eigenvalue weighted by atomic mass is 16.5. The van der Waals surface area contributed by atoms with E-state index in [0.717, 1.165) is 28.5 Å². The number of aryl methyl sites for hydroxylation is 2. The van der Waals surface area contributed by atoms with Crippen molar-refractivity contribution in [2.45, 2.75) is 39.3 Å². The molecule has 0 unspecified atom stereocenters.